The summed E-state index contributed by atoms with van der Waals surface area (Å²) in [6.45, 7) is 0. The molecule has 86 heavy (non-hydrogen) atoms. The minimum absolute atomic E-state index is 0.403. The lowest BCUT2D eigenvalue weighted by Gasteiger charge is -2.34. The van der Waals surface area contributed by atoms with Gasteiger partial charge in [-0.2, -0.15) is 0 Å². The SMILES string of the molecule is c1ccc(-c2ccc(Nc3ccc4c(c3)C(c3ccccc3)(c3ccccc3)c3ccc5ccccc5c3-4)cc2)cc1.c1ccc(-c2cccc(-c3ccc(Nc4ccc5c(c4)C(c4ccccc4)(c4ccccc4)c4ccccc4-5)cc3)c2)cc1. The van der Waals surface area contributed by atoms with Gasteiger partial charge in [-0.3, -0.25) is 0 Å². The van der Waals surface area contributed by atoms with Gasteiger partial charge in [0.2, 0.25) is 0 Å². The number of hydrogen-bond donors (Lipinski definition) is 2. The Morgan fingerprint density at radius 3 is 1.08 bits per heavy atom. The lowest BCUT2D eigenvalue weighted by atomic mass is 9.67. The molecule has 0 heterocycles. The topological polar surface area (TPSA) is 24.1 Å². The van der Waals surface area contributed by atoms with Crippen molar-refractivity contribution in [3.63, 3.8) is 0 Å². The van der Waals surface area contributed by atoms with Crippen LogP contribution in [0.15, 0.2) is 352 Å². The summed E-state index contributed by atoms with van der Waals surface area (Å²) >= 11 is 0. The van der Waals surface area contributed by atoms with Gasteiger partial charge in [0.05, 0.1) is 10.8 Å². The van der Waals surface area contributed by atoms with E-state index in [9.17, 15) is 0 Å². The molecule has 0 saturated heterocycles. The predicted octanol–water partition coefficient (Wildman–Crippen LogP) is 21.7. The van der Waals surface area contributed by atoms with Gasteiger partial charge in [0.1, 0.15) is 0 Å². The van der Waals surface area contributed by atoms with Crippen LogP contribution in [-0.4, -0.2) is 0 Å². The van der Waals surface area contributed by atoms with E-state index in [0.717, 1.165) is 22.7 Å². The van der Waals surface area contributed by atoms with E-state index in [-0.39, 0.29) is 0 Å². The Balaban J connectivity index is 0.000000145. The third kappa shape index (κ3) is 9.08. The molecule has 2 heteroatoms. The first-order valence-corrected chi connectivity index (χ1v) is 29.7. The van der Waals surface area contributed by atoms with Crippen molar-refractivity contribution in [3.05, 3.63) is 396 Å². The van der Waals surface area contributed by atoms with E-state index in [0.29, 0.717) is 0 Å². The summed E-state index contributed by atoms with van der Waals surface area (Å²) in [6.07, 6.45) is 0. The molecule has 0 aliphatic heterocycles. The fourth-order valence-electron chi connectivity index (χ4n) is 13.8. The second kappa shape index (κ2) is 22.3. The molecule has 0 aromatic heterocycles. The van der Waals surface area contributed by atoms with Gasteiger partial charge >= 0.3 is 0 Å². The van der Waals surface area contributed by atoms with Crippen LogP contribution in [0, 0.1) is 0 Å². The van der Waals surface area contributed by atoms with Crippen LogP contribution in [0.4, 0.5) is 22.7 Å². The summed E-state index contributed by atoms with van der Waals surface area (Å²) in [5, 5.41) is 9.99. The molecule has 2 nitrogen and oxygen atoms in total. The Labute approximate surface area is 504 Å². The van der Waals surface area contributed by atoms with E-state index in [1.807, 2.05) is 0 Å². The highest BCUT2D eigenvalue weighted by Gasteiger charge is 2.48. The minimum Gasteiger partial charge on any atom is -0.356 e. The lowest BCUT2D eigenvalue weighted by Crippen LogP contribution is -2.28. The summed E-state index contributed by atoms with van der Waals surface area (Å²) in [7, 11) is 0. The van der Waals surface area contributed by atoms with Crippen LogP contribution in [0.25, 0.3) is 66.4 Å². The maximum atomic E-state index is 3.72. The summed E-state index contributed by atoms with van der Waals surface area (Å²) in [5.41, 5.74) is 26.3. The fraction of sp³-hybridized carbons (Fsp3) is 0.0238. The monoisotopic (exact) mass is 1100 g/mol. The number of nitrogens with one attached hydrogen (secondary N) is 2. The van der Waals surface area contributed by atoms with Crippen molar-refractivity contribution in [1.82, 2.24) is 0 Å². The Morgan fingerprint density at radius 2 is 0.558 bits per heavy atom. The first-order valence-electron chi connectivity index (χ1n) is 29.7. The molecule has 14 aromatic rings. The smallest absolute Gasteiger partial charge is 0.0714 e. The van der Waals surface area contributed by atoms with Gasteiger partial charge in [0.15, 0.2) is 0 Å². The second-order valence-corrected chi connectivity index (χ2v) is 22.5. The van der Waals surface area contributed by atoms with E-state index >= 15 is 0 Å². The quantitative estimate of drug-likeness (QED) is 0.135. The number of anilines is 4. The van der Waals surface area contributed by atoms with Crippen molar-refractivity contribution in [2.24, 2.45) is 0 Å². The number of rotatable bonds is 11. The first kappa shape index (κ1) is 51.8. The van der Waals surface area contributed by atoms with Gasteiger partial charge in [0.25, 0.3) is 0 Å². The van der Waals surface area contributed by atoms with E-state index in [2.05, 4.69) is 362 Å². The average molecular weight is 1100 g/mol. The van der Waals surface area contributed by atoms with Crippen LogP contribution in [0.2, 0.25) is 0 Å². The van der Waals surface area contributed by atoms with Gasteiger partial charge in [-0.25, -0.2) is 0 Å². The van der Waals surface area contributed by atoms with Gasteiger partial charge in [-0.15, -0.1) is 0 Å². The Kier molecular flexibility index (Phi) is 13.4. The third-order valence-corrected chi connectivity index (χ3v) is 17.7. The molecule has 0 saturated carbocycles. The summed E-state index contributed by atoms with van der Waals surface area (Å²) in [6, 6.07) is 127. The molecular formula is C84H60N2. The van der Waals surface area contributed by atoms with Crippen LogP contribution < -0.4 is 10.6 Å². The van der Waals surface area contributed by atoms with Crippen molar-refractivity contribution in [1.29, 1.82) is 0 Å². The number of hydrogen-bond acceptors (Lipinski definition) is 2. The van der Waals surface area contributed by atoms with E-state index < -0.39 is 10.8 Å². The Bertz CT molecular complexity index is 4620. The predicted molar refractivity (Wildman–Crippen MR) is 361 cm³/mol. The molecule has 406 valence electrons. The zero-order valence-electron chi connectivity index (χ0n) is 47.5. The van der Waals surface area contributed by atoms with Crippen molar-refractivity contribution in [3.8, 4) is 55.6 Å². The standard InChI is InChI=1S/C43H31N.C41H29N/c1-4-13-31(14-5-1)33-15-12-16-34(29-33)32-23-25-37(26-24-32)44-38-27-28-40-39-21-10-11-22-41(39)43(42(40)30-38,35-17-6-2-7-18-35)36-19-8-3-9-20-36;1-4-12-29(13-5-1)30-20-23-34(24-21-30)42-35-25-26-37-39(28-35)41(32-15-6-2-7-16-32,33-17-8-3-9-18-33)38-27-22-31-14-10-11-19-36(31)40(37)38/h1-30,44H;1-28,42H. The van der Waals surface area contributed by atoms with Crippen LogP contribution >= 0.6 is 0 Å². The van der Waals surface area contributed by atoms with Gasteiger partial charge in [0, 0.05) is 22.7 Å². The van der Waals surface area contributed by atoms with Gasteiger partial charge < -0.3 is 10.6 Å². The molecule has 0 fully saturated rings. The van der Waals surface area contributed by atoms with Gasteiger partial charge in [-0.1, -0.05) is 297 Å². The molecule has 0 atom stereocenters. The minimum atomic E-state index is -0.438. The average Bonchev–Trinajstić information content (AvgIpc) is 1.59. The zero-order valence-corrected chi connectivity index (χ0v) is 47.5. The first-order chi connectivity index (χ1) is 42.6. The third-order valence-electron chi connectivity index (χ3n) is 17.7. The lowest BCUT2D eigenvalue weighted by molar-refractivity contribution is 0.769. The van der Waals surface area contributed by atoms with Crippen molar-refractivity contribution >= 4 is 33.5 Å². The second-order valence-electron chi connectivity index (χ2n) is 22.5. The number of benzene rings is 14. The van der Waals surface area contributed by atoms with Crippen LogP contribution in [0.3, 0.4) is 0 Å². The molecule has 0 amide bonds. The zero-order chi connectivity index (χ0) is 57.3. The molecule has 0 spiro atoms. The van der Waals surface area contributed by atoms with Crippen LogP contribution in [0.1, 0.15) is 44.5 Å². The van der Waals surface area contributed by atoms with Crippen LogP contribution in [-0.2, 0) is 10.8 Å². The molecule has 2 aliphatic carbocycles. The van der Waals surface area contributed by atoms with Gasteiger partial charge in [-0.05, 0) is 166 Å². The Hall–Kier alpha value is -11.1. The Morgan fingerprint density at radius 1 is 0.198 bits per heavy atom. The van der Waals surface area contributed by atoms with E-state index in [1.54, 1.807) is 0 Å². The maximum absolute atomic E-state index is 3.72. The summed E-state index contributed by atoms with van der Waals surface area (Å²) in [4.78, 5) is 0. The fourth-order valence-corrected chi connectivity index (χ4v) is 13.8. The highest BCUT2D eigenvalue weighted by Crippen LogP contribution is 2.59. The van der Waals surface area contributed by atoms with Crippen molar-refractivity contribution in [2.45, 2.75) is 10.8 Å². The van der Waals surface area contributed by atoms with E-state index in [1.165, 1.54) is 111 Å². The highest BCUT2D eigenvalue weighted by atomic mass is 14.9. The molecular weight excluding hydrogens is 1040 g/mol. The normalized spacial score (nSPS) is 12.8. The molecule has 0 radical (unpaired) electrons. The summed E-state index contributed by atoms with van der Waals surface area (Å²) in [5.74, 6) is 0. The molecule has 16 rings (SSSR count). The molecule has 0 bridgehead atoms. The summed E-state index contributed by atoms with van der Waals surface area (Å²) < 4.78 is 0. The van der Waals surface area contributed by atoms with Crippen LogP contribution in [0.5, 0.6) is 0 Å². The largest absolute Gasteiger partial charge is 0.356 e. The molecule has 14 aromatic carbocycles. The highest BCUT2D eigenvalue weighted by molar-refractivity contribution is 6.04. The molecule has 2 aliphatic rings. The van der Waals surface area contributed by atoms with Crippen molar-refractivity contribution < 1.29 is 0 Å². The van der Waals surface area contributed by atoms with E-state index in [4.69, 9.17) is 0 Å². The molecule has 0 unspecified atom stereocenters. The maximum Gasteiger partial charge on any atom is 0.0714 e. The number of fused-ring (bicyclic) bond motifs is 8. The van der Waals surface area contributed by atoms with Crippen molar-refractivity contribution in [2.75, 3.05) is 10.6 Å². The molecule has 2 N–H and O–H groups in total.